The highest BCUT2D eigenvalue weighted by Crippen LogP contribution is 2.26. The van der Waals surface area contributed by atoms with Crippen molar-refractivity contribution in [2.75, 3.05) is 7.11 Å². The van der Waals surface area contributed by atoms with Gasteiger partial charge >= 0.3 is 0 Å². The average molecular weight is 279 g/mol. The van der Waals surface area contributed by atoms with Crippen LogP contribution in [-0.2, 0) is 6.42 Å². The van der Waals surface area contributed by atoms with E-state index in [-0.39, 0.29) is 0 Å². The molecule has 0 aliphatic heterocycles. The van der Waals surface area contributed by atoms with Gasteiger partial charge < -0.3 is 9.84 Å². The van der Waals surface area contributed by atoms with Crippen molar-refractivity contribution in [1.29, 1.82) is 0 Å². The van der Waals surface area contributed by atoms with E-state index in [4.69, 9.17) is 4.74 Å². The molecule has 0 bridgehead atoms. The van der Waals surface area contributed by atoms with E-state index in [0.717, 1.165) is 27.8 Å². The number of hydrogen-bond acceptors (Lipinski definition) is 3. The second-order valence-corrected chi connectivity index (χ2v) is 4.99. The van der Waals surface area contributed by atoms with Crippen LogP contribution in [0.15, 0.2) is 60.8 Å². The van der Waals surface area contributed by atoms with E-state index in [1.54, 1.807) is 13.3 Å². The lowest BCUT2D eigenvalue weighted by Gasteiger charge is -2.14. The summed E-state index contributed by atoms with van der Waals surface area (Å²) in [6, 6.07) is 17.6. The number of aliphatic hydroxyl groups excluding tert-OH is 1. The lowest BCUT2D eigenvalue weighted by molar-refractivity contribution is 0.177. The summed E-state index contributed by atoms with van der Waals surface area (Å²) < 4.78 is 5.33. The monoisotopic (exact) mass is 279 g/mol. The molecule has 3 nitrogen and oxygen atoms in total. The fraction of sp³-hybridized carbons (Fsp3) is 0.167. The van der Waals surface area contributed by atoms with Crippen LogP contribution >= 0.6 is 0 Å². The molecule has 2 aromatic carbocycles. The summed E-state index contributed by atoms with van der Waals surface area (Å²) in [6.45, 7) is 0. The molecule has 1 N–H and O–H groups in total. The van der Waals surface area contributed by atoms with E-state index in [2.05, 4.69) is 4.98 Å². The number of methoxy groups -OCH3 is 1. The maximum Gasteiger partial charge on any atom is 0.122 e. The van der Waals surface area contributed by atoms with Crippen molar-refractivity contribution in [1.82, 2.24) is 4.98 Å². The van der Waals surface area contributed by atoms with Crippen molar-refractivity contribution < 1.29 is 9.84 Å². The standard InChI is InChI=1S/C18H17NO2/c1-21-18-7-3-2-5-15(18)12-17(20)14-9-8-13-6-4-10-19-16(13)11-14/h2-11,17,20H,12H2,1H3. The van der Waals surface area contributed by atoms with Gasteiger partial charge in [0.1, 0.15) is 5.75 Å². The Kier molecular flexibility index (Phi) is 3.84. The summed E-state index contributed by atoms with van der Waals surface area (Å²) in [5.74, 6) is 0.801. The van der Waals surface area contributed by atoms with Crippen LogP contribution in [0.5, 0.6) is 5.75 Å². The molecule has 3 rings (SSSR count). The molecule has 0 saturated heterocycles. The number of hydrogen-bond donors (Lipinski definition) is 1. The summed E-state index contributed by atoms with van der Waals surface area (Å²) in [5.41, 5.74) is 2.76. The molecule has 1 heterocycles. The zero-order valence-electron chi connectivity index (χ0n) is 11.9. The third kappa shape index (κ3) is 2.88. The molecular formula is C18H17NO2. The van der Waals surface area contributed by atoms with Crippen LogP contribution in [0.2, 0.25) is 0 Å². The predicted octanol–water partition coefficient (Wildman–Crippen LogP) is 3.52. The maximum absolute atomic E-state index is 10.5. The Morgan fingerprint density at radius 2 is 1.95 bits per heavy atom. The molecule has 0 saturated carbocycles. The zero-order chi connectivity index (χ0) is 14.7. The third-order valence-corrected chi connectivity index (χ3v) is 3.62. The number of pyridine rings is 1. The van der Waals surface area contributed by atoms with E-state index in [1.807, 2.05) is 54.6 Å². The van der Waals surface area contributed by atoms with Gasteiger partial charge in [-0.2, -0.15) is 0 Å². The minimum Gasteiger partial charge on any atom is -0.496 e. The van der Waals surface area contributed by atoms with Gasteiger partial charge in [-0.1, -0.05) is 36.4 Å². The van der Waals surface area contributed by atoms with Crippen LogP contribution in [0.25, 0.3) is 10.9 Å². The first-order valence-corrected chi connectivity index (χ1v) is 6.92. The van der Waals surface area contributed by atoms with E-state index >= 15 is 0 Å². The molecule has 0 spiro atoms. The van der Waals surface area contributed by atoms with Crippen molar-refractivity contribution in [3.8, 4) is 5.75 Å². The van der Waals surface area contributed by atoms with Gasteiger partial charge in [0.2, 0.25) is 0 Å². The first-order valence-electron chi connectivity index (χ1n) is 6.92. The van der Waals surface area contributed by atoms with E-state index in [9.17, 15) is 5.11 Å². The second-order valence-electron chi connectivity index (χ2n) is 4.99. The van der Waals surface area contributed by atoms with Gasteiger partial charge in [-0.3, -0.25) is 4.98 Å². The molecule has 0 fully saturated rings. The molecule has 106 valence electrons. The Bertz CT molecular complexity index is 755. The number of ether oxygens (including phenoxy) is 1. The summed E-state index contributed by atoms with van der Waals surface area (Å²) in [7, 11) is 1.64. The van der Waals surface area contributed by atoms with Gasteiger partial charge in [-0.05, 0) is 29.3 Å². The molecule has 3 aromatic rings. The molecule has 3 heteroatoms. The lowest BCUT2D eigenvalue weighted by Crippen LogP contribution is -2.03. The van der Waals surface area contributed by atoms with Crippen LogP contribution in [0, 0.1) is 0 Å². The Balaban J connectivity index is 1.88. The highest BCUT2D eigenvalue weighted by atomic mass is 16.5. The van der Waals surface area contributed by atoms with E-state index < -0.39 is 6.10 Å². The van der Waals surface area contributed by atoms with Crippen LogP contribution in [0.3, 0.4) is 0 Å². The molecular weight excluding hydrogens is 262 g/mol. The fourth-order valence-corrected chi connectivity index (χ4v) is 2.49. The van der Waals surface area contributed by atoms with Gasteiger partial charge in [0.05, 0.1) is 18.7 Å². The molecule has 1 atom stereocenters. The van der Waals surface area contributed by atoms with Crippen molar-refractivity contribution in [2.24, 2.45) is 0 Å². The van der Waals surface area contributed by atoms with E-state index in [1.165, 1.54) is 0 Å². The van der Waals surface area contributed by atoms with Gasteiger partial charge in [0.15, 0.2) is 0 Å². The number of rotatable bonds is 4. The smallest absolute Gasteiger partial charge is 0.122 e. The van der Waals surface area contributed by atoms with Gasteiger partial charge in [-0.15, -0.1) is 0 Å². The number of fused-ring (bicyclic) bond motifs is 1. The Morgan fingerprint density at radius 3 is 2.81 bits per heavy atom. The predicted molar refractivity (Wildman–Crippen MR) is 83.4 cm³/mol. The minimum absolute atomic E-state index is 0.516. The quantitative estimate of drug-likeness (QED) is 0.794. The van der Waals surface area contributed by atoms with Crippen molar-refractivity contribution >= 4 is 10.9 Å². The summed E-state index contributed by atoms with van der Waals surface area (Å²) in [6.07, 6.45) is 1.70. The molecule has 0 aliphatic rings. The van der Waals surface area contributed by atoms with Gasteiger partial charge in [-0.25, -0.2) is 0 Å². The Hall–Kier alpha value is -2.39. The van der Waals surface area contributed by atoms with Crippen LogP contribution in [0.4, 0.5) is 0 Å². The highest BCUT2D eigenvalue weighted by Gasteiger charge is 2.12. The number of para-hydroxylation sites is 1. The molecule has 0 amide bonds. The Morgan fingerprint density at radius 1 is 1.10 bits per heavy atom. The lowest BCUT2D eigenvalue weighted by atomic mass is 9.99. The molecule has 1 aromatic heterocycles. The first kappa shape index (κ1) is 13.6. The number of benzene rings is 2. The first-order chi connectivity index (χ1) is 10.3. The number of nitrogens with zero attached hydrogens (tertiary/aromatic N) is 1. The fourth-order valence-electron chi connectivity index (χ4n) is 2.49. The van der Waals surface area contributed by atoms with Crippen molar-refractivity contribution in [2.45, 2.75) is 12.5 Å². The van der Waals surface area contributed by atoms with Crippen LogP contribution in [0.1, 0.15) is 17.2 Å². The Labute approximate surface area is 123 Å². The number of aromatic nitrogens is 1. The summed E-state index contributed by atoms with van der Waals surface area (Å²) >= 11 is 0. The van der Waals surface area contributed by atoms with Gasteiger partial charge in [0, 0.05) is 18.0 Å². The maximum atomic E-state index is 10.5. The largest absolute Gasteiger partial charge is 0.496 e. The summed E-state index contributed by atoms with van der Waals surface area (Å²) in [4.78, 5) is 4.33. The minimum atomic E-state index is -0.576. The topological polar surface area (TPSA) is 42.4 Å². The van der Waals surface area contributed by atoms with Crippen LogP contribution in [-0.4, -0.2) is 17.2 Å². The third-order valence-electron chi connectivity index (χ3n) is 3.62. The SMILES string of the molecule is COc1ccccc1CC(O)c1ccc2cccnc2c1. The highest BCUT2D eigenvalue weighted by molar-refractivity contribution is 5.78. The van der Waals surface area contributed by atoms with Crippen molar-refractivity contribution in [3.05, 3.63) is 71.9 Å². The van der Waals surface area contributed by atoms with Crippen LogP contribution < -0.4 is 4.74 Å². The van der Waals surface area contributed by atoms with E-state index in [0.29, 0.717) is 6.42 Å². The number of aliphatic hydroxyl groups is 1. The molecule has 1 unspecified atom stereocenters. The molecule has 0 radical (unpaired) electrons. The molecule has 21 heavy (non-hydrogen) atoms. The normalized spacial score (nSPS) is 12.3. The summed E-state index contributed by atoms with van der Waals surface area (Å²) in [5, 5.41) is 11.5. The zero-order valence-corrected chi connectivity index (χ0v) is 11.9. The second kappa shape index (κ2) is 5.94. The van der Waals surface area contributed by atoms with Crippen molar-refractivity contribution in [3.63, 3.8) is 0 Å². The molecule has 0 aliphatic carbocycles. The van der Waals surface area contributed by atoms with Gasteiger partial charge in [0.25, 0.3) is 0 Å². The average Bonchev–Trinajstić information content (AvgIpc) is 2.55.